The highest BCUT2D eigenvalue weighted by Gasteiger charge is 2.19. The molecule has 0 radical (unpaired) electrons. The molecule has 1 atom stereocenters. The Bertz CT molecular complexity index is 341. The third-order valence-electron chi connectivity index (χ3n) is 2.54. The van der Waals surface area contributed by atoms with E-state index in [1.165, 1.54) is 28.2 Å². The van der Waals surface area contributed by atoms with Gasteiger partial charge in [0.25, 0.3) is 0 Å². The third kappa shape index (κ3) is 1.61. The van der Waals surface area contributed by atoms with Gasteiger partial charge in [0.2, 0.25) is 0 Å². The van der Waals surface area contributed by atoms with Gasteiger partial charge in [-0.2, -0.15) is 0 Å². The van der Waals surface area contributed by atoms with E-state index in [0.29, 0.717) is 10.8 Å². The summed E-state index contributed by atoms with van der Waals surface area (Å²) in [6.07, 6.45) is 3.32. The average molecular weight is 196 g/mol. The maximum Gasteiger partial charge on any atom is 0.345 e. The van der Waals surface area contributed by atoms with Crippen molar-refractivity contribution in [3.63, 3.8) is 0 Å². The molecule has 0 fully saturated rings. The summed E-state index contributed by atoms with van der Waals surface area (Å²) in [7, 11) is 0. The van der Waals surface area contributed by atoms with Gasteiger partial charge >= 0.3 is 5.97 Å². The van der Waals surface area contributed by atoms with Crippen LogP contribution in [0.4, 0.5) is 0 Å². The molecule has 1 aliphatic carbocycles. The summed E-state index contributed by atoms with van der Waals surface area (Å²) >= 11 is 1.45. The summed E-state index contributed by atoms with van der Waals surface area (Å²) in [6.45, 7) is 2.22. The number of aromatic carboxylic acids is 1. The Morgan fingerprint density at radius 1 is 1.69 bits per heavy atom. The molecule has 1 aliphatic rings. The molecule has 0 spiro atoms. The minimum absolute atomic E-state index is 0.499. The van der Waals surface area contributed by atoms with Gasteiger partial charge in [0.1, 0.15) is 4.88 Å². The van der Waals surface area contributed by atoms with Crippen LogP contribution in [0.25, 0.3) is 0 Å². The molecule has 1 N–H and O–H groups in total. The number of thiophene rings is 1. The van der Waals surface area contributed by atoms with Crippen LogP contribution >= 0.6 is 11.3 Å². The molecule has 0 saturated carbocycles. The molecule has 3 heteroatoms. The summed E-state index contributed by atoms with van der Waals surface area (Å²) in [5.74, 6) is -0.0733. The first-order chi connectivity index (χ1) is 6.16. The van der Waals surface area contributed by atoms with Crippen molar-refractivity contribution in [3.8, 4) is 0 Å². The van der Waals surface area contributed by atoms with Crippen LogP contribution in [0.2, 0.25) is 0 Å². The Morgan fingerprint density at radius 3 is 3.15 bits per heavy atom. The normalized spacial score (nSPS) is 21.2. The van der Waals surface area contributed by atoms with Crippen LogP contribution in [0.15, 0.2) is 6.07 Å². The van der Waals surface area contributed by atoms with E-state index in [-0.39, 0.29) is 0 Å². The Labute approximate surface area is 81.2 Å². The zero-order chi connectivity index (χ0) is 9.42. The highest BCUT2D eigenvalue weighted by Crippen LogP contribution is 2.31. The topological polar surface area (TPSA) is 37.3 Å². The quantitative estimate of drug-likeness (QED) is 0.749. The predicted octanol–water partition coefficient (Wildman–Crippen LogP) is 2.57. The molecule has 0 aliphatic heterocycles. The molecule has 1 aromatic heterocycles. The van der Waals surface area contributed by atoms with Crippen LogP contribution in [0.3, 0.4) is 0 Å². The number of hydrogen-bond donors (Lipinski definition) is 1. The van der Waals surface area contributed by atoms with Gasteiger partial charge in [0, 0.05) is 4.88 Å². The Balaban J connectivity index is 2.33. The standard InChI is InChI=1S/C10H12O2S/c1-6-2-3-8-7(4-6)5-9(13-8)10(11)12/h5-6H,2-4H2,1H3,(H,11,12)/t6-/m1/s1. The van der Waals surface area contributed by atoms with Crippen LogP contribution in [-0.2, 0) is 12.8 Å². The zero-order valence-electron chi connectivity index (χ0n) is 7.54. The second-order valence-electron chi connectivity index (χ2n) is 3.71. The first-order valence-electron chi connectivity index (χ1n) is 4.51. The van der Waals surface area contributed by atoms with Gasteiger partial charge in [-0.05, 0) is 36.8 Å². The largest absolute Gasteiger partial charge is 0.477 e. The van der Waals surface area contributed by atoms with Crippen molar-refractivity contribution in [2.75, 3.05) is 0 Å². The highest BCUT2D eigenvalue weighted by atomic mass is 32.1. The van der Waals surface area contributed by atoms with E-state index in [2.05, 4.69) is 6.92 Å². The third-order valence-corrected chi connectivity index (χ3v) is 3.77. The van der Waals surface area contributed by atoms with E-state index >= 15 is 0 Å². The maximum absolute atomic E-state index is 10.7. The predicted molar refractivity (Wildman–Crippen MR) is 52.5 cm³/mol. The molecule has 70 valence electrons. The zero-order valence-corrected chi connectivity index (χ0v) is 8.36. The van der Waals surface area contributed by atoms with Crippen LogP contribution in [0, 0.1) is 5.92 Å². The van der Waals surface area contributed by atoms with Crippen LogP contribution in [-0.4, -0.2) is 11.1 Å². The molecule has 2 rings (SSSR count). The van der Waals surface area contributed by atoms with Gasteiger partial charge in [-0.3, -0.25) is 0 Å². The van der Waals surface area contributed by atoms with E-state index in [0.717, 1.165) is 12.8 Å². The number of fused-ring (bicyclic) bond motifs is 1. The molecule has 2 nitrogen and oxygen atoms in total. The first-order valence-corrected chi connectivity index (χ1v) is 5.33. The fraction of sp³-hybridized carbons (Fsp3) is 0.500. The molecule has 13 heavy (non-hydrogen) atoms. The van der Waals surface area contributed by atoms with E-state index in [1.54, 1.807) is 0 Å². The van der Waals surface area contributed by atoms with E-state index in [9.17, 15) is 4.79 Å². The van der Waals surface area contributed by atoms with Crippen molar-refractivity contribution < 1.29 is 9.90 Å². The summed E-state index contributed by atoms with van der Waals surface area (Å²) in [4.78, 5) is 12.5. The van der Waals surface area contributed by atoms with E-state index in [1.807, 2.05) is 6.07 Å². The maximum atomic E-state index is 10.7. The minimum Gasteiger partial charge on any atom is -0.477 e. The number of aryl methyl sites for hydroxylation is 1. The lowest BCUT2D eigenvalue weighted by Gasteiger charge is -2.16. The Hall–Kier alpha value is -0.830. The van der Waals surface area contributed by atoms with Crippen molar-refractivity contribution >= 4 is 17.3 Å². The summed E-state index contributed by atoms with van der Waals surface area (Å²) < 4.78 is 0. The molecule has 0 aromatic carbocycles. The summed E-state index contributed by atoms with van der Waals surface area (Å²) in [5, 5.41) is 8.81. The van der Waals surface area contributed by atoms with Crippen LogP contribution in [0.5, 0.6) is 0 Å². The van der Waals surface area contributed by atoms with Gasteiger partial charge in [0.15, 0.2) is 0 Å². The van der Waals surface area contributed by atoms with Gasteiger partial charge in [-0.25, -0.2) is 4.79 Å². The van der Waals surface area contributed by atoms with Gasteiger partial charge in [-0.15, -0.1) is 11.3 Å². The van der Waals surface area contributed by atoms with Crippen LogP contribution in [0.1, 0.15) is 33.5 Å². The number of carboxylic acid groups (broad SMARTS) is 1. The Kier molecular flexibility index (Phi) is 2.12. The fourth-order valence-electron chi connectivity index (χ4n) is 1.81. The fourth-order valence-corrected chi connectivity index (χ4v) is 2.86. The monoisotopic (exact) mass is 196 g/mol. The molecule has 0 saturated heterocycles. The smallest absolute Gasteiger partial charge is 0.345 e. The lowest BCUT2D eigenvalue weighted by Crippen LogP contribution is -2.08. The first kappa shape index (κ1) is 8.75. The van der Waals surface area contributed by atoms with Crippen molar-refractivity contribution in [2.24, 2.45) is 5.92 Å². The Morgan fingerprint density at radius 2 is 2.46 bits per heavy atom. The molecule has 1 aromatic rings. The average Bonchev–Trinajstić information content (AvgIpc) is 2.46. The minimum atomic E-state index is -0.785. The summed E-state index contributed by atoms with van der Waals surface area (Å²) in [5.41, 5.74) is 1.26. The number of carboxylic acids is 1. The van der Waals surface area contributed by atoms with Crippen molar-refractivity contribution in [3.05, 3.63) is 21.4 Å². The highest BCUT2D eigenvalue weighted by molar-refractivity contribution is 7.14. The lowest BCUT2D eigenvalue weighted by molar-refractivity contribution is 0.0702. The lowest BCUT2D eigenvalue weighted by atomic mass is 9.90. The van der Waals surface area contributed by atoms with Crippen molar-refractivity contribution in [1.82, 2.24) is 0 Å². The van der Waals surface area contributed by atoms with E-state index in [4.69, 9.17) is 5.11 Å². The second-order valence-corrected chi connectivity index (χ2v) is 4.85. The number of rotatable bonds is 1. The van der Waals surface area contributed by atoms with Gasteiger partial charge in [-0.1, -0.05) is 6.92 Å². The number of carbonyl (C=O) groups is 1. The molecule has 0 unspecified atom stereocenters. The van der Waals surface area contributed by atoms with Gasteiger partial charge in [0.05, 0.1) is 0 Å². The van der Waals surface area contributed by atoms with Gasteiger partial charge < -0.3 is 5.11 Å². The van der Waals surface area contributed by atoms with E-state index < -0.39 is 5.97 Å². The SMILES string of the molecule is C[C@@H]1CCc2sc(C(=O)O)cc2C1. The summed E-state index contributed by atoms with van der Waals surface area (Å²) in [6, 6.07) is 1.85. The molecule has 1 heterocycles. The van der Waals surface area contributed by atoms with Crippen molar-refractivity contribution in [2.45, 2.75) is 26.2 Å². The second kappa shape index (κ2) is 3.14. The number of hydrogen-bond acceptors (Lipinski definition) is 2. The molecular weight excluding hydrogens is 184 g/mol. The molecular formula is C10H12O2S. The van der Waals surface area contributed by atoms with Crippen molar-refractivity contribution in [1.29, 1.82) is 0 Å². The molecule has 0 bridgehead atoms. The molecule has 0 amide bonds. The van der Waals surface area contributed by atoms with Crippen LogP contribution < -0.4 is 0 Å².